The van der Waals surface area contributed by atoms with Gasteiger partial charge in [-0.15, -0.1) is 0 Å². The molecular formula is C21H25FN2O2. The standard InChI is InChI=1S/C21H25FN2O2/c1-13(2)23-20(26)11-17-14(3)24(12-15-7-9-16(22)10-8-15)18-5-4-6-19(25)21(17)18/h7-10,13H,4-6,11-12H2,1-3H3,(H,23,26). The van der Waals surface area contributed by atoms with E-state index in [2.05, 4.69) is 9.88 Å². The summed E-state index contributed by atoms with van der Waals surface area (Å²) in [7, 11) is 0. The molecule has 0 saturated heterocycles. The molecule has 2 aromatic rings. The summed E-state index contributed by atoms with van der Waals surface area (Å²) in [6.45, 7) is 6.39. The van der Waals surface area contributed by atoms with E-state index in [1.54, 1.807) is 12.1 Å². The average Bonchev–Trinajstić information content (AvgIpc) is 2.83. The smallest absolute Gasteiger partial charge is 0.224 e. The first kappa shape index (κ1) is 18.4. The summed E-state index contributed by atoms with van der Waals surface area (Å²) in [6, 6.07) is 6.48. The van der Waals surface area contributed by atoms with Crippen LogP contribution >= 0.6 is 0 Å². The number of carbonyl (C=O) groups excluding carboxylic acids is 2. The van der Waals surface area contributed by atoms with Crippen molar-refractivity contribution in [2.24, 2.45) is 0 Å². The molecule has 26 heavy (non-hydrogen) atoms. The van der Waals surface area contributed by atoms with Crippen LogP contribution in [0.2, 0.25) is 0 Å². The second-order valence-electron chi connectivity index (χ2n) is 7.27. The third-order valence-electron chi connectivity index (χ3n) is 4.89. The van der Waals surface area contributed by atoms with E-state index in [1.165, 1.54) is 12.1 Å². The number of benzene rings is 1. The number of nitrogens with one attached hydrogen (secondary N) is 1. The molecule has 1 heterocycles. The van der Waals surface area contributed by atoms with Gasteiger partial charge in [-0.05, 0) is 56.9 Å². The minimum atomic E-state index is -0.263. The lowest BCUT2D eigenvalue weighted by molar-refractivity contribution is -0.120. The molecule has 138 valence electrons. The number of hydrogen-bond donors (Lipinski definition) is 1. The highest BCUT2D eigenvalue weighted by Gasteiger charge is 2.29. The highest BCUT2D eigenvalue weighted by Crippen LogP contribution is 2.31. The van der Waals surface area contributed by atoms with Gasteiger partial charge in [-0.2, -0.15) is 0 Å². The number of nitrogens with zero attached hydrogens (tertiary/aromatic N) is 1. The zero-order valence-corrected chi connectivity index (χ0v) is 15.6. The van der Waals surface area contributed by atoms with E-state index in [9.17, 15) is 14.0 Å². The van der Waals surface area contributed by atoms with Crippen molar-refractivity contribution in [3.63, 3.8) is 0 Å². The summed E-state index contributed by atoms with van der Waals surface area (Å²) in [5, 5.41) is 2.90. The first-order valence-electron chi connectivity index (χ1n) is 9.14. The Morgan fingerprint density at radius 1 is 1.23 bits per heavy atom. The molecule has 0 saturated carbocycles. The van der Waals surface area contributed by atoms with Gasteiger partial charge in [0.2, 0.25) is 5.91 Å². The largest absolute Gasteiger partial charge is 0.354 e. The molecule has 0 atom stereocenters. The summed E-state index contributed by atoms with van der Waals surface area (Å²) in [5.41, 5.74) is 4.51. The minimum Gasteiger partial charge on any atom is -0.354 e. The third kappa shape index (κ3) is 3.71. The normalized spacial score (nSPS) is 13.8. The Morgan fingerprint density at radius 3 is 2.58 bits per heavy atom. The fourth-order valence-electron chi connectivity index (χ4n) is 3.72. The molecule has 0 aliphatic heterocycles. The summed E-state index contributed by atoms with van der Waals surface area (Å²) < 4.78 is 15.3. The fraction of sp³-hybridized carbons (Fsp3) is 0.429. The van der Waals surface area contributed by atoms with Crippen LogP contribution in [-0.2, 0) is 24.2 Å². The van der Waals surface area contributed by atoms with Crippen molar-refractivity contribution >= 4 is 11.7 Å². The van der Waals surface area contributed by atoms with Crippen LogP contribution in [0.5, 0.6) is 0 Å². The van der Waals surface area contributed by atoms with Gasteiger partial charge in [0.1, 0.15) is 5.82 Å². The fourth-order valence-corrected chi connectivity index (χ4v) is 3.72. The number of aromatic nitrogens is 1. The number of rotatable bonds is 5. The number of fused-ring (bicyclic) bond motifs is 1. The van der Waals surface area contributed by atoms with Gasteiger partial charge < -0.3 is 9.88 Å². The molecule has 0 bridgehead atoms. The van der Waals surface area contributed by atoms with Gasteiger partial charge in [0.05, 0.1) is 6.42 Å². The molecule has 0 spiro atoms. The van der Waals surface area contributed by atoms with E-state index in [0.29, 0.717) is 13.0 Å². The molecular weight excluding hydrogens is 331 g/mol. The quantitative estimate of drug-likeness (QED) is 0.890. The average molecular weight is 356 g/mol. The molecule has 5 heteroatoms. The van der Waals surface area contributed by atoms with Crippen LogP contribution < -0.4 is 5.32 Å². The second-order valence-corrected chi connectivity index (χ2v) is 7.27. The Hall–Kier alpha value is -2.43. The van der Waals surface area contributed by atoms with Crippen LogP contribution in [0.25, 0.3) is 0 Å². The highest BCUT2D eigenvalue weighted by atomic mass is 19.1. The summed E-state index contributed by atoms with van der Waals surface area (Å²) in [5.74, 6) is -0.205. The van der Waals surface area contributed by atoms with Gasteiger partial charge >= 0.3 is 0 Å². The first-order chi connectivity index (χ1) is 12.4. The van der Waals surface area contributed by atoms with Crippen molar-refractivity contribution in [2.75, 3.05) is 0 Å². The van der Waals surface area contributed by atoms with Crippen molar-refractivity contribution in [1.29, 1.82) is 0 Å². The van der Waals surface area contributed by atoms with Crippen molar-refractivity contribution in [1.82, 2.24) is 9.88 Å². The van der Waals surface area contributed by atoms with E-state index < -0.39 is 0 Å². The molecule has 1 N–H and O–H groups in total. The first-order valence-corrected chi connectivity index (χ1v) is 9.14. The van der Waals surface area contributed by atoms with Gasteiger partial charge in [-0.1, -0.05) is 12.1 Å². The Kier molecular flexibility index (Phi) is 5.25. The third-order valence-corrected chi connectivity index (χ3v) is 4.89. The molecule has 1 aliphatic rings. The zero-order valence-electron chi connectivity index (χ0n) is 15.6. The molecule has 0 fully saturated rings. The monoisotopic (exact) mass is 356 g/mol. The predicted molar refractivity (Wildman–Crippen MR) is 98.9 cm³/mol. The van der Waals surface area contributed by atoms with E-state index in [-0.39, 0.29) is 30.0 Å². The number of halogens is 1. The van der Waals surface area contributed by atoms with E-state index in [1.807, 2.05) is 20.8 Å². The number of hydrogen-bond acceptors (Lipinski definition) is 2. The summed E-state index contributed by atoms with van der Waals surface area (Å²) >= 11 is 0. The molecule has 1 amide bonds. The topological polar surface area (TPSA) is 51.1 Å². The summed E-state index contributed by atoms with van der Waals surface area (Å²) in [6.07, 6.45) is 2.41. The van der Waals surface area contributed by atoms with Crippen molar-refractivity contribution in [3.05, 3.63) is 58.2 Å². The van der Waals surface area contributed by atoms with E-state index in [0.717, 1.165) is 40.9 Å². The molecule has 3 rings (SSSR count). The SMILES string of the molecule is Cc1c(CC(=O)NC(C)C)c2c(n1Cc1ccc(F)cc1)CCCC2=O. The van der Waals surface area contributed by atoms with Gasteiger partial charge in [-0.3, -0.25) is 9.59 Å². The molecule has 4 nitrogen and oxygen atoms in total. The van der Waals surface area contributed by atoms with Crippen LogP contribution in [0, 0.1) is 12.7 Å². The predicted octanol–water partition coefficient (Wildman–Crippen LogP) is 3.57. The van der Waals surface area contributed by atoms with Gasteiger partial charge in [0, 0.05) is 36.0 Å². The maximum Gasteiger partial charge on any atom is 0.224 e. The van der Waals surface area contributed by atoms with Crippen LogP contribution in [0.15, 0.2) is 24.3 Å². The summed E-state index contributed by atoms with van der Waals surface area (Å²) in [4.78, 5) is 24.9. The highest BCUT2D eigenvalue weighted by molar-refractivity contribution is 6.01. The van der Waals surface area contributed by atoms with Crippen LogP contribution in [0.1, 0.15) is 59.6 Å². The second kappa shape index (κ2) is 7.44. The number of ketones is 1. The Morgan fingerprint density at radius 2 is 1.92 bits per heavy atom. The maximum absolute atomic E-state index is 13.2. The van der Waals surface area contributed by atoms with E-state index in [4.69, 9.17) is 0 Å². The number of carbonyl (C=O) groups is 2. The molecule has 1 aliphatic carbocycles. The van der Waals surface area contributed by atoms with Gasteiger partial charge in [-0.25, -0.2) is 4.39 Å². The maximum atomic E-state index is 13.2. The van der Waals surface area contributed by atoms with Crippen molar-refractivity contribution in [3.8, 4) is 0 Å². The lowest BCUT2D eigenvalue weighted by atomic mass is 9.92. The Bertz CT molecular complexity index is 835. The van der Waals surface area contributed by atoms with Crippen molar-refractivity contribution in [2.45, 2.75) is 59.0 Å². The molecule has 0 radical (unpaired) electrons. The number of Topliss-reactive ketones (excluding diaryl/α,β-unsaturated/α-hetero) is 1. The minimum absolute atomic E-state index is 0.0654. The Balaban J connectivity index is 1.99. The lowest BCUT2D eigenvalue weighted by Crippen LogP contribution is -2.32. The molecule has 0 unspecified atom stereocenters. The van der Waals surface area contributed by atoms with Crippen LogP contribution in [-0.4, -0.2) is 22.3 Å². The van der Waals surface area contributed by atoms with Gasteiger partial charge in [0.15, 0.2) is 5.78 Å². The number of amides is 1. The molecule has 1 aromatic heterocycles. The van der Waals surface area contributed by atoms with Crippen LogP contribution in [0.4, 0.5) is 4.39 Å². The van der Waals surface area contributed by atoms with Gasteiger partial charge in [0.25, 0.3) is 0 Å². The molecule has 1 aromatic carbocycles. The zero-order chi connectivity index (χ0) is 18.8. The van der Waals surface area contributed by atoms with Crippen molar-refractivity contribution < 1.29 is 14.0 Å². The Labute approximate surface area is 153 Å². The van der Waals surface area contributed by atoms with Crippen LogP contribution in [0.3, 0.4) is 0 Å². The lowest BCUT2D eigenvalue weighted by Gasteiger charge is -2.16. The van der Waals surface area contributed by atoms with E-state index >= 15 is 0 Å².